The van der Waals surface area contributed by atoms with Crippen LogP contribution in [0.4, 0.5) is 4.79 Å². The number of imide groups is 1. The number of pyridine rings is 1. The fourth-order valence-corrected chi connectivity index (χ4v) is 3.47. The van der Waals surface area contributed by atoms with Gasteiger partial charge >= 0.3 is 6.03 Å². The Labute approximate surface area is 146 Å². The van der Waals surface area contributed by atoms with Crippen LogP contribution in [-0.4, -0.2) is 27.4 Å². The number of benzene rings is 1. The zero-order valence-electron chi connectivity index (χ0n) is 14.0. The Hall–Kier alpha value is -2.14. The standard InChI is InChI=1S/C18H20ClN3O2/c1-11(2)9-18(3)16(23)22(17(24)21-18)10-13-8-12-6-4-5-7-14(12)20-15(13)19/h4-8,11H,9-10H2,1-3H3,(H,21,24)/t18-/m1/s1. The average molecular weight is 346 g/mol. The van der Waals surface area contributed by atoms with Crippen molar-refractivity contribution >= 4 is 34.4 Å². The molecule has 1 aliphatic rings. The zero-order chi connectivity index (χ0) is 17.5. The van der Waals surface area contributed by atoms with E-state index in [0.29, 0.717) is 23.1 Å². The molecule has 24 heavy (non-hydrogen) atoms. The summed E-state index contributed by atoms with van der Waals surface area (Å²) >= 11 is 6.25. The van der Waals surface area contributed by atoms with Crippen LogP contribution in [0.5, 0.6) is 0 Å². The molecule has 0 radical (unpaired) electrons. The van der Waals surface area contributed by atoms with Gasteiger partial charge in [-0.25, -0.2) is 9.78 Å². The third kappa shape index (κ3) is 2.96. The molecule has 1 atom stereocenters. The Morgan fingerprint density at radius 3 is 2.71 bits per heavy atom. The predicted molar refractivity (Wildman–Crippen MR) is 93.7 cm³/mol. The van der Waals surface area contributed by atoms with Crippen LogP contribution in [-0.2, 0) is 11.3 Å². The van der Waals surface area contributed by atoms with Gasteiger partial charge in [0.2, 0.25) is 0 Å². The molecule has 0 saturated carbocycles. The van der Waals surface area contributed by atoms with Crippen molar-refractivity contribution in [2.75, 3.05) is 0 Å². The smallest absolute Gasteiger partial charge is 0.323 e. The van der Waals surface area contributed by atoms with E-state index in [2.05, 4.69) is 10.3 Å². The minimum absolute atomic E-state index is 0.120. The fraction of sp³-hybridized carbons (Fsp3) is 0.389. The van der Waals surface area contributed by atoms with Gasteiger partial charge in [-0.15, -0.1) is 0 Å². The lowest BCUT2D eigenvalue weighted by Gasteiger charge is -2.23. The van der Waals surface area contributed by atoms with Crippen LogP contribution in [0.2, 0.25) is 5.15 Å². The third-order valence-electron chi connectivity index (χ3n) is 4.24. The van der Waals surface area contributed by atoms with Crippen LogP contribution in [0.25, 0.3) is 10.9 Å². The molecule has 1 aliphatic heterocycles. The summed E-state index contributed by atoms with van der Waals surface area (Å²) in [5.41, 5.74) is 0.586. The first-order valence-electron chi connectivity index (χ1n) is 7.98. The van der Waals surface area contributed by atoms with Gasteiger partial charge in [0, 0.05) is 10.9 Å². The molecule has 1 fully saturated rings. The molecule has 0 bridgehead atoms. The van der Waals surface area contributed by atoms with E-state index in [0.717, 1.165) is 10.9 Å². The summed E-state index contributed by atoms with van der Waals surface area (Å²) in [6, 6.07) is 9.10. The first-order valence-corrected chi connectivity index (χ1v) is 8.36. The number of carbonyl (C=O) groups excluding carboxylic acids is 2. The Morgan fingerprint density at radius 2 is 2.00 bits per heavy atom. The number of rotatable bonds is 4. The highest BCUT2D eigenvalue weighted by Gasteiger charge is 2.47. The Balaban J connectivity index is 1.90. The van der Waals surface area contributed by atoms with E-state index >= 15 is 0 Å². The van der Waals surface area contributed by atoms with Gasteiger partial charge in [-0.1, -0.05) is 43.6 Å². The van der Waals surface area contributed by atoms with Crippen molar-refractivity contribution in [3.05, 3.63) is 41.0 Å². The second-order valence-electron chi connectivity index (χ2n) is 6.88. The van der Waals surface area contributed by atoms with Crippen LogP contribution in [0.1, 0.15) is 32.8 Å². The van der Waals surface area contributed by atoms with E-state index in [1.165, 1.54) is 4.90 Å². The van der Waals surface area contributed by atoms with Gasteiger partial charge in [-0.2, -0.15) is 0 Å². The van der Waals surface area contributed by atoms with Gasteiger partial charge in [0.05, 0.1) is 12.1 Å². The summed E-state index contributed by atoms with van der Waals surface area (Å²) in [6.07, 6.45) is 0.595. The summed E-state index contributed by atoms with van der Waals surface area (Å²) < 4.78 is 0. The van der Waals surface area contributed by atoms with E-state index in [1.54, 1.807) is 6.92 Å². The normalized spacial score (nSPS) is 21.0. The molecular weight excluding hydrogens is 326 g/mol. The Kier molecular flexibility index (Phi) is 4.22. The van der Waals surface area contributed by atoms with Crippen LogP contribution >= 0.6 is 11.6 Å². The Bertz CT molecular complexity index is 821. The molecule has 1 aromatic carbocycles. The van der Waals surface area contributed by atoms with Crippen molar-refractivity contribution in [2.24, 2.45) is 5.92 Å². The lowest BCUT2D eigenvalue weighted by Crippen LogP contribution is -2.44. The van der Waals surface area contributed by atoms with Crippen LogP contribution in [0.3, 0.4) is 0 Å². The minimum Gasteiger partial charge on any atom is -0.323 e. The maximum Gasteiger partial charge on any atom is 0.325 e. The summed E-state index contributed by atoms with van der Waals surface area (Å²) in [4.78, 5) is 30.6. The summed E-state index contributed by atoms with van der Waals surface area (Å²) in [5.74, 6) is 0.0792. The van der Waals surface area contributed by atoms with E-state index < -0.39 is 5.54 Å². The lowest BCUT2D eigenvalue weighted by atomic mass is 9.91. The number of halogens is 1. The first-order chi connectivity index (χ1) is 11.3. The number of para-hydroxylation sites is 1. The summed E-state index contributed by atoms with van der Waals surface area (Å²) in [6.45, 7) is 5.94. The quantitative estimate of drug-likeness (QED) is 0.678. The summed E-state index contributed by atoms with van der Waals surface area (Å²) in [5, 5.41) is 4.05. The third-order valence-corrected chi connectivity index (χ3v) is 4.57. The van der Waals surface area contributed by atoms with Gasteiger partial charge in [0.25, 0.3) is 5.91 Å². The van der Waals surface area contributed by atoms with Gasteiger partial charge in [0.1, 0.15) is 10.7 Å². The van der Waals surface area contributed by atoms with Crippen LogP contribution < -0.4 is 5.32 Å². The van der Waals surface area contributed by atoms with Crippen molar-refractivity contribution in [1.82, 2.24) is 15.2 Å². The molecule has 3 rings (SSSR count). The maximum atomic E-state index is 12.7. The average Bonchev–Trinajstić information content (AvgIpc) is 2.70. The molecule has 126 valence electrons. The van der Waals surface area contributed by atoms with Crippen molar-refractivity contribution in [3.63, 3.8) is 0 Å². The highest BCUT2D eigenvalue weighted by Crippen LogP contribution is 2.28. The number of nitrogens with zero attached hydrogens (tertiary/aromatic N) is 2. The molecule has 0 unspecified atom stereocenters. The van der Waals surface area contributed by atoms with Crippen LogP contribution in [0.15, 0.2) is 30.3 Å². The number of hydrogen-bond acceptors (Lipinski definition) is 3. The molecular formula is C18H20ClN3O2. The predicted octanol–water partition coefficient (Wildman–Crippen LogP) is 3.74. The number of carbonyl (C=O) groups is 2. The highest BCUT2D eigenvalue weighted by atomic mass is 35.5. The molecule has 1 N–H and O–H groups in total. The zero-order valence-corrected chi connectivity index (χ0v) is 14.7. The second-order valence-corrected chi connectivity index (χ2v) is 7.24. The molecule has 0 spiro atoms. The topological polar surface area (TPSA) is 62.3 Å². The van der Waals surface area contributed by atoms with Crippen molar-refractivity contribution in [2.45, 2.75) is 39.3 Å². The minimum atomic E-state index is -0.859. The monoisotopic (exact) mass is 345 g/mol. The SMILES string of the molecule is CC(C)C[C@@]1(C)NC(=O)N(Cc2cc3ccccc3nc2Cl)C1=O. The molecule has 6 heteroatoms. The van der Waals surface area contributed by atoms with Crippen molar-refractivity contribution in [1.29, 1.82) is 0 Å². The number of fused-ring (bicyclic) bond motifs is 1. The summed E-state index contributed by atoms with van der Waals surface area (Å²) in [7, 11) is 0. The van der Waals surface area contributed by atoms with E-state index in [1.807, 2.05) is 44.2 Å². The number of nitrogens with one attached hydrogen (secondary N) is 1. The first kappa shape index (κ1) is 16.7. The second kappa shape index (κ2) is 6.06. The van der Waals surface area contributed by atoms with E-state index in [-0.39, 0.29) is 18.5 Å². The largest absolute Gasteiger partial charge is 0.325 e. The number of aromatic nitrogens is 1. The van der Waals surface area contributed by atoms with Crippen molar-refractivity contribution in [3.8, 4) is 0 Å². The molecule has 1 aromatic heterocycles. The van der Waals surface area contributed by atoms with Crippen LogP contribution in [0, 0.1) is 5.92 Å². The molecule has 0 aliphatic carbocycles. The van der Waals surface area contributed by atoms with Gasteiger partial charge < -0.3 is 5.32 Å². The van der Waals surface area contributed by atoms with Crippen molar-refractivity contribution < 1.29 is 9.59 Å². The lowest BCUT2D eigenvalue weighted by molar-refractivity contribution is -0.131. The maximum absolute atomic E-state index is 12.7. The fourth-order valence-electron chi connectivity index (χ4n) is 3.26. The van der Waals surface area contributed by atoms with Gasteiger partial charge in [-0.05, 0) is 31.4 Å². The Morgan fingerprint density at radius 1 is 1.29 bits per heavy atom. The molecule has 3 amide bonds. The van der Waals surface area contributed by atoms with E-state index in [9.17, 15) is 9.59 Å². The van der Waals surface area contributed by atoms with E-state index in [4.69, 9.17) is 11.6 Å². The number of urea groups is 1. The molecule has 1 saturated heterocycles. The molecule has 2 aromatic rings. The molecule has 5 nitrogen and oxygen atoms in total. The van der Waals surface area contributed by atoms with Gasteiger partial charge in [-0.3, -0.25) is 9.69 Å². The molecule has 2 heterocycles. The number of hydrogen-bond donors (Lipinski definition) is 1. The van der Waals surface area contributed by atoms with Gasteiger partial charge in [0.15, 0.2) is 0 Å². The highest BCUT2D eigenvalue weighted by molar-refractivity contribution is 6.30. The number of amides is 3.